The van der Waals surface area contributed by atoms with Gasteiger partial charge in [-0.3, -0.25) is 9.69 Å². The van der Waals surface area contributed by atoms with Gasteiger partial charge in [0.15, 0.2) is 5.78 Å². The molecule has 4 saturated carbocycles. The normalized spacial score (nSPS) is 57.2. The van der Waals surface area contributed by atoms with E-state index in [1.54, 1.807) is 0 Å². The Hall–Kier alpha value is -0.670. The molecule has 4 bridgehead atoms. The fourth-order valence-electron chi connectivity index (χ4n) is 9.07. The average molecular weight is 341 g/mol. The Morgan fingerprint density at radius 3 is 2.92 bits per heavy atom. The molecule has 1 unspecified atom stereocenters. The van der Waals surface area contributed by atoms with Crippen LogP contribution in [0.3, 0.4) is 0 Å². The Morgan fingerprint density at radius 2 is 2.04 bits per heavy atom. The van der Waals surface area contributed by atoms with E-state index in [0.717, 1.165) is 37.5 Å². The van der Waals surface area contributed by atoms with Crippen molar-refractivity contribution in [1.29, 1.82) is 0 Å². The van der Waals surface area contributed by atoms with Crippen LogP contribution in [-0.4, -0.2) is 36.6 Å². The molecule has 0 aromatic heterocycles. The Balaban J connectivity index is 1.54. The van der Waals surface area contributed by atoms with Crippen LogP contribution in [0.25, 0.3) is 0 Å². The topological polar surface area (TPSA) is 29.5 Å². The molecule has 0 amide bonds. The van der Waals surface area contributed by atoms with Gasteiger partial charge in [0, 0.05) is 23.9 Å². The van der Waals surface area contributed by atoms with Gasteiger partial charge in [-0.15, -0.1) is 0 Å². The highest BCUT2D eigenvalue weighted by Crippen LogP contribution is 2.74. The van der Waals surface area contributed by atoms with Crippen LogP contribution in [0.2, 0.25) is 0 Å². The van der Waals surface area contributed by atoms with Gasteiger partial charge in [0.1, 0.15) is 6.23 Å². The zero-order chi connectivity index (χ0) is 17.0. The van der Waals surface area contributed by atoms with Gasteiger partial charge >= 0.3 is 0 Å². The fraction of sp³-hybridized carbons (Fsp3) is 0.864. The Kier molecular flexibility index (Phi) is 2.83. The van der Waals surface area contributed by atoms with Crippen molar-refractivity contribution in [2.75, 3.05) is 19.7 Å². The zero-order valence-electron chi connectivity index (χ0n) is 15.6. The molecule has 136 valence electrons. The summed E-state index contributed by atoms with van der Waals surface area (Å²) in [7, 11) is 0. The number of carbonyl (C=O) groups excluding carboxylic acids is 1. The predicted octanol–water partition coefficient (Wildman–Crippen LogP) is 3.79. The van der Waals surface area contributed by atoms with E-state index in [4.69, 9.17) is 4.74 Å². The summed E-state index contributed by atoms with van der Waals surface area (Å²) in [6, 6.07) is 0. The van der Waals surface area contributed by atoms with Crippen molar-refractivity contribution in [2.24, 2.45) is 34.0 Å². The van der Waals surface area contributed by atoms with Gasteiger partial charge in [-0.25, -0.2) is 0 Å². The molecular formula is C22H31NO2. The summed E-state index contributed by atoms with van der Waals surface area (Å²) in [5.74, 6) is 2.22. The van der Waals surface area contributed by atoms with Gasteiger partial charge in [0.05, 0.1) is 6.61 Å². The van der Waals surface area contributed by atoms with E-state index in [1.807, 2.05) is 0 Å². The molecule has 3 nitrogen and oxygen atoms in total. The SMILES string of the molecule is C=C1C(=O)[C@@]23CC[C@@H]4[C@@]5(C)CCC[C@@]4(C4OCCN4C5)[C@@H]2CC[C@@H]1C3. The number of nitrogens with zero attached hydrogens (tertiary/aromatic N) is 1. The first-order chi connectivity index (χ1) is 12.0. The highest BCUT2D eigenvalue weighted by Gasteiger charge is 2.73. The Bertz CT molecular complexity index is 673. The van der Waals surface area contributed by atoms with Crippen LogP contribution < -0.4 is 0 Å². The standard InChI is InChI=1S/C22H31NO2/c1-14-15-4-5-17-21(12-15,18(14)24)9-6-16-20(2)7-3-8-22(16,17)19-23(13-20)10-11-25-19/h15-17,19H,1,3-13H2,2H3/t15-,16-,17-,19?,20+,21-,22+/m1/s1. The third kappa shape index (κ3) is 1.57. The molecule has 1 spiro atoms. The van der Waals surface area contributed by atoms with Crippen LogP contribution in [0.1, 0.15) is 58.3 Å². The molecule has 0 N–H and O–H groups in total. The fourth-order valence-corrected chi connectivity index (χ4v) is 9.07. The number of fused-ring (bicyclic) bond motifs is 2. The van der Waals surface area contributed by atoms with Crippen molar-refractivity contribution in [3.8, 4) is 0 Å². The van der Waals surface area contributed by atoms with Crippen molar-refractivity contribution in [1.82, 2.24) is 4.90 Å². The van der Waals surface area contributed by atoms with E-state index >= 15 is 0 Å². The number of ketones is 1. The Labute approximate surface area is 151 Å². The smallest absolute Gasteiger partial charge is 0.165 e. The molecule has 4 aliphatic carbocycles. The maximum absolute atomic E-state index is 13.4. The molecule has 6 aliphatic rings. The quantitative estimate of drug-likeness (QED) is 0.628. The van der Waals surface area contributed by atoms with Gasteiger partial charge in [-0.1, -0.05) is 19.9 Å². The van der Waals surface area contributed by atoms with Crippen LogP contribution in [0.5, 0.6) is 0 Å². The van der Waals surface area contributed by atoms with Crippen LogP contribution >= 0.6 is 0 Å². The van der Waals surface area contributed by atoms with Crippen LogP contribution in [0, 0.1) is 34.0 Å². The number of Topliss-reactive ketones (excluding diaryl/α,β-unsaturated/α-hetero) is 1. The lowest BCUT2D eigenvalue weighted by Crippen LogP contribution is -2.71. The minimum absolute atomic E-state index is 0.0797. The average Bonchev–Trinajstić information content (AvgIpc) is 3.12. The minimum Gasteiger partial charge on any atom is -0.361 e. The van der Waals surface area contributed by atoms with Gasteiger partial charge in [0.2, 0.25) is 0 Å². The van der Waals surface area contributed by atoms with Crippen molar-refractivity contribution in [2.45, 2.75) is 64.5 Å². The number of hydrogen-bond acceptors (Lipinski definition) is 3. The van der Waals surface area contributed by atoms with E-state index in [2.05, 4.69) is 18.4 Å². The number of hydrogen-bond donors (Lipinski definition) is 0. The molecule has 6 rings (SSSR count). The first-order valence-electron chi connectivity index (χ1n) is 10.6. The van der Waals surface area contributed by atoms with E-state index in [-0.39, 0.29) is 17.1 Å². The number of ether oxygens (including phenoxy) is 1. The summed E-state index contributed by atoms with van der Waals surface area (Å²) < 4.78 is 6.45. The Morgan fingerprint density at radius 1 is 1.16 bits per heavy atom. The molecule has 0 radical (unpaired) electrons. The lowest BCUT2D eigenvalue weighted by Gasteiger charge is -2.70. The molecule has 2 aliphatic heterocycles. The van der Waals surface area contributed by atoms with Crippen LogP contribution in [-0.2, 0) is 9.53 Å². The second-order valence-corrected chi connectivity index (χ2v) is 10.4. The molecule has 25 heavy (non-hydrogen) atoms. The molecule has 0 aromatic carbocycles. The van der Waals surface area contributed by atoms with Gasteiger partial charge < -0.3 is 4.74 Å². The van der Waals surface area contributed by atoms with Crippen LogP contribution in [0.15, 0.2) is 12.2 Å². The molecule has 6 fully saturated rings. The summed E-state index contributed by atoms with van der Waals surface area (Å²) in [5, 5.41) is 0. The lowest BCUT2D eigenvalue weighted by atomic mass is 9.38. The first-order valence-corrected chi connectivity index (χ1v) is 10.6. The predicted molar refractivity (Wildman–Crippen MR) is 95.8 cm³/mol. The van der Waals surface area contributed by atoms with E-state index in [0.29, 0.717) is 23.0 Å². The summed E-state index contributed by atoms with van der Waals surface area (Å²) in [6.45, 7) is 9.99. The second-order valence-electron chi connectivity index (χ2n) is 10.4. The highest BCUT2D eigenvalue weighted by molar-refractivity contribution is 6.03. The summed E-state index contributed by atoms with van der Waals surface area (Å²) in [4.78, 5) is 16.1. The summed E-state index contributed by atoms with van der Waals surface area (Å²) in [5.41, 5.74) is 1.55. The largest absolute Gasteiger partial charge is 0.361 e. The van der Waals surface area contributed by atoms with Gasteiger partial charge in [-0.2, -0.15) is 0 Å². The molecule has 2 saturated heterocycles. The van der Waals surface area contributed by atoms with Crippen molar-refractivity contribution >= 4 is 5.78 Å². The number of piperidine rings is 1. The molecule has 2 heterocycles. The maximum atomic E-state index is 13.4. The van der Waals surface area contributed by atoms with Crippen molar-refractivity contribution in [3.05, 3.63) is 12.2 Å². The highest BCUT2D eigenvalue weighted by atomic mass is 16.5. The summed E-state index contributed by atoms with van der Waals surface area (Å²) >= 11 is 0. The second kappa shape index (κ2) is 4.59. The molecule has 7 atom stereocenters. The molecule has 0 aromatic rings. The number of rotatable bonds is 0. The monoisotopic (exact) mass is 341 g/mol. The van der Waals surface area contributed by atoms with Crippen LogP contribution in [0.4, 0.5) is 0 Å². The molecular weight excluding hydrogens is 310 g/mol. The maximum Gasteiger partial charge on any atom is 0.165 e. The van der Waals surface area contributed by atoms with E-state index in [9.17, 15) is 4.79 Å². The van der Waals surface area contributed by atoms with E-state index in [1.165, 1.54) is 45.1 Å². The lowest BCUT2D eigenvalue weighted by molar-refractivity contribution is -0.265. The van der Waals surface area contributed by atoms with Gasteiger partial charge in [-0.05, 0) is 73.7 Å². The number of carbonyl (C=O) groups is 1. The number of allylic oxidation sites excluding steroid dienone is 1. The van der Waals surface area contributed by atoms with Gasteiger partial charge in [0.25, 0.3) is 0 Å². The minimum atomic E-state index is -0.0797. The van der Waals surface area contributed by atoms with Crippen molar-refractivity contribution < 1.29 is 9.53 Å². The first kappa shape index (κ1) is 15.4. The third-order valence-electron chi connectivity index (χ3n) is 9.70. The molecule has 3 heteroatoms. The van der Waals surface area contributed by atoms with E-state index < -0.39 is 0 Å². The summed E-state index contributed by atoms with van der Waals surface area (Å²) in [6.07, 6.45) is 10.2. The van der Waals surface area contributed by atoms with Crippen molar-refractivity contribution in [3.63, 3.8) is 0 Å². The zero-order valence-corrected chi connectivity index (χ0v) is 15.6. The third-order valence-corrected chi connectivity index (χ3v) is 9.70.